The zero-order valence-corrected chi connectivity index (χ0v) is 18.2. The van der Waals surface area contributed by atoms with Crippen LogP contribution in [0.15, 0.2) is 91.0 Å². The number of rotatable bonds is 7. The van der Waals surface area contributed by atoms with Crippen molar-refractivity contribution in [2.24, 2.45) is 0 Å². The Morgan fingerprint density at radius 3 is 1.94 bits per heavy atom. The maximum atomic E-state index is 11.3. The second kappa shape index (κ2) is 10.6. The highest BCUT2D eigenvalue weighted by Gasteiger charge is 2.50. The number of fused-ring (bicyclic) bond motifs is 1. The molecule has 3 aromatic rings. The molecule has 0 spiro atoms. The van der Waals surface area contributed by atoms with Gasteiger partial charge in [-0.25, -0.2) is 0 Å². The summed E-state index contributed by atoms with van der Waals surface area (Å²) < 4.78 is 30.5. The Kier molecular flexibility index (Phi) is 7.12. The number of hydrogen-bond donors (Lipinski definition) is 1. The van der Waals surface area contributed by atoms with Crippen LogP contribution in [0, 0.1) is 0 Å². The van der Waals surface area contributed by atoms with Gasteiger partial charge in [-0.1, -0.05) is 91.0 Å². The Labute approximate surface area is 193 Å². The van der Waals surface area contributed by atoms with Crippen molar-refractivity contribution in [2.45, 2.75) is 50.2 Å². The van der Waals surface area contributed by atoms with Gasteiger partial charge in [0.15, 0.2) is 12.6 Å². The van der Waals surface area contributed by atoms with Crippen LogP contribution in [-0.4, -0.2) is 42.4 Å². The molecule has 2 aliphatic heterocycles. The summed E-state index contributed by atoms with van der Waals surface area (Å²) in [7, 11) is 0. The zero-order chi connectivity index (χ0) is 22.5. The van der Waals surface area contributed by atoms with E-state index in [1.807, 2.05) is 91.0 Å². The van der Waals surface area contributed by atoms with Crippen molar-refractivity contribution < 1.29 is 28.8 Å². The largest absolute Gasteiger partial charge is 0.387 e. The first-order chi connectivity index (χ1) is 16.3. The van der Waals surface area contributed by atoms with E-state index in [4.69, 9.17) is 23.7 Å². The van der Waals surface area contributed by atoms with Crippen molar-refractivity contribution in [1.29, 1.82) is 0 Å². The standard InChI is InChI=1S/C27H28O6/c28-23-24-22(18-31-26(33-24)21-14-8-3-9-15-21)32-27(30-17-20-12-6-2-7-13-20)25(23)29-16-19-10-4-1-5-11-19/h1-15,22-28H,16-18H2/t22-,23+,24-,25+,26+,27+/m1/s1. The third kappa shape index (κ3) is 5.33. The molecule has 0 aromatic heterocycles. The lowest BCUT2D eigenvalue weighted by Crippen LogP contribution is -2.62. The molecule has 6 heteroatoms. The first-order valence-corrected chi connectivity index (χ1v) is 11.2. The van der Waals surface area contributed by atoms with E-state index in [0.717, 1.165) is 16.7 Å². The van der Waals surface area contributed by atoms with E-state index in [1.54, 1.807) is 0 Å². The molecular weight excluding hydrogens is 420 g/mol. The fourth-order valence-corrected chi connectivity index (χ4v) is 4.18. The molecule has 0 unspecified atom stereocenters. The number of benzene rings is 3. The normalized spacial score (nSPS) is 29.4. The molecule has 0 saturated carbocycles. The molecular formula is C27H28O6. The highest BCUT2D eigenvalue weighted by atomic mass is 16.8. The summed E-state index contributed by atoms with van der Waals surface area (Å²) in [4.78, 5) is 0. The average molecular weight is 449 g/mol. The van der Waals surface area contributed by atoms with Gasteiger partial charge >= 0.3 is 0 Å². The van der Waals surface area contributed by atoms with Gasteiger partial charge in [0.2, 0.25) is 0 Å². The third-order valence-electron chi connectivity index (χ3n) is 5.92. The van der Waals surface area contributed by atoms with E-state index in [1.165, 1.54) is 0 Å². The van der Waals surface area contributed by atoms with Gasteiger partial charge in [-0.3, -0.25) is 0 Å². The van der Waals surface area contributed by atoms with Crippen molar-refractivity contribution in [1.82, 2.24) is 0 Å². The highest BCUT2D eigenvalue weighted by Crippen LogP contribution is 2.35. The van der Waals surface area contributed by atoms with Crippen LogP contribution >= 0.6 is 0 Å². The van der Waals surface area contributed by atoms with E-state index >= 15 is 0 Å². The molecule has 2 saturated heterocycles. The van der Waals surface area contributed by atoms with Crippen molar-refractivity contribution in [2.75, 3.05) is 6.61 Å². The Hall–Kier alpha value is -2.58. The molecule has 6 atom stereocenters. The van der Waals surface area contributed by atoms with Crippen molar-refractivity contribution in [3.05, 3.63) is 108 Å². The van der Waals surface area contributed by atoms with Gasteiger partial charge in [0.1, 0.15) is 24.4 Å². The Morgan fingerprint density at radius 1 is 0.727 bits per heavy atom. The van der Waals surface area contributed by atoms with E-state index in [-0.39, 0.29) is 6.61 Å². The van der Waals surface area contributed by atoms with Gasteiger partial charge in [0.05, 0.1) is 19.8 Å². The molecule has 0 bridgehead atoms. The smallest absolute Gasteiger partial charge is 0.187 e. The Balaban J connectivity index is 1.31. The minimum absolute atomic E-state index is 0.290. The van der Waals surface area contributed by atoms with E-state index in [0.29, 0.717) is 13.2 Å². The first-order valence-electron chi connectivity index (χ1n) is 11.2. The van der Waals surface area contributed by atoms with Crippen LogP contribution in [0.4, 0.5) is 0 Å². The summed E-state index contributed by atoms with van der Waals surface area (Å²) in [6, 6.07) is 29.4. The first kappa shape index (κ1) is 22.2. The van der Waals surface area contributed by atoms with Crippen LogP contribution in [0.3, 0.4) is 0 Å². The number of aliphatic hydroxyl groups excluding tert-OH is 1. The minimum atomic E-state index is -0.941. The van der Waals surface area contributed by atoms with Gasteiger partial charge in [0, 0.05) is 5.56 Å². The van der Waals surface area contributed by atoms with Gasteiger partial charge in [-0.05, 0) is 11.1 Å². The van der Waals surface area contributed by atoms with Gasteiger partial charge in [-0.2, -0.15) is 0 Å². The molecule has 3 aromatic carbocycles. The van der Waals surface area contributed by atoms with Crippen LogP contribution in [0.2, 0.25) is 0 Å². The summed E-state index contributed by atoms with van der Waals surface area (Å²) in [6.07, 6.45) is -4.04. The molecule has 2 heterocycles. The second-order valence-corrected chi connectivity index (χ2v) is 8.27. The minimum Gasteiger partial charge on any atom is -0.387 e. The fourth-order valence-electron chi connectivity index (χ4n) is 4.18. The summed E-state index contributed by atoms with van der Waals surface area (Å²) in [5.74, 6) is 0. The number of hydrogen-bond acceptors (Lipinski definition) is 6. The average Bonchev–Trinajstić information content (AvgIpc) is 2.88. The van der Waals surface area contributed by atoms with Gasteiger partial charge in [0.25, 0.3) is 0 Å². The quantitative estimate of drug-likeness (QED) is 0.590. The van der Waals surface area contributed by atoms with E-state index < -0.39 is 37.0 Å². The molecule has 2 fully saturated rings. The molecule has 33 heavy (non-hydrogen) atoms. The second-order valence-electron chi connectivity index (χ2n) is 8.27. The van der Waals surface area contributed by atoms with Crippen LogP contribution in [0.1, 0.15) is 23.0 Å². The molecule has 172 valence electrons. The maximum absolute atomic E-state index is 11.3. The SMILES string of the molecule is O[C@@H]1[C@H](OCc2ccccc2)[C@@H](OCc2ccccc2)O[C@@H]2CO[C@H](c3ccccc3)O[C@@H]12. The highest BCUT2D eigenvalue weighted by molar-refractivity contribution is 5.17. The lowest BCUT2D eigenvalue weighted by molar-refractivity contribution is -0.368. The van der Waals surface area contributed by atoms with Crippen LogP contribution < -0.4 is 0 Å². The maximum Gasteiger partial charge on any atom is 0.187 e. The lowest BCUT2D eigenvalue weighted by Gasteiger charge is -2.47. The Morgan fingerprint density at radius 2 is 1.30 bits per heavy atom. The number of ether oxygens (including phenoxy) is 5. The molecule has 0 aliphatic carbocycles. The van der Waals surface area contributed by atoms with Crippen LogP contribution in [-0.2, 0) is 36.9 Å². The molecule has 0 amide bonds. The van der Waals surface area contributed by atoms with Crippen LogP contribution in [0.5, 0.6) is 0 Å². The van der Waals surface area contributed by atoms with Crippen LogP contribution in [0.25, 0.3) is 0 Å². The van der Waals surface area contributed by atoms with Crippen molar-refractivity contribution >= 4 is 0 Å². The number of aliphatic hydroxyl groups is 1. The summed E-state index contributed by atoms with van der Waals surface area (Å²) in [5.41, 5.74) is 2.91. The van der Waals surface area contributed by atoms with E-state index in [9.17, 15) is 5.11 Å². The predicted octanol–water partition coefficient (Wildman–Crippen LogP) is 3.99. The Bertz CT molecular complexity index is 983. The van der Waals surface area contributed by atoms with E-state index in [2.05, 4.69) is 0 Å². The molecule has 5 rings (SSSR count). The lowest BCUT2D eigenvalue weighted by atomic mass is 9.97. The van der Waals surface area contributed by atoms with Gasteiger partial charge in [-0.15, -0.1) is 0 Å². The predicted molar refractivity (Wildman–Crippen MR) is 121 cm³/mol. The zero-order valence-electron chi connectivity index (χ0n) is 18.2. The summed E-state index contributed by atoms with van der Waals surface area (Å²) in [6.45, 7) is 0.959. The molecule has 2 aliphatic rings. The molecule has 1 N–H and O–H groups in total. The fraction of sp³-hybridized carbons (Fsp3) is 0.333. The topological polar surface area (TPSA) is 66.4 Å². The third-order valence-corrected chi connectivity index (χ3v) is 5.92. The monoisotopic (exact) mass is 448 g/mol. The molecule has 0 radical (unpaired) electrons. The summed E-state index contributed by atoms with van der Waals surface area (Å²) in [5, 5.41) is 11.3. The summed E-state index contributed by atoms with van der Waals surface area (Å²) >= 11 is 0. The van der Waals surface area contributed by atoms with Crippen molar-refractivity contribution in [3.8, 4) is 0 Å². The van der Waals surface area contributed by atoms with Gasteiger partial charge < -0.3 is 28.8 Å². The molecule has 6 nitrogen and oxygen atoms in total. The van der Waals surface area contributed by atoms with Crippen molar-refractivity contribution in [3.63, 3.8) is 0 Å².